The number of hydrogen-bond donors (Lipinski definition) is 2. The molecule has 1 aliphatic rings. The molecule has 1 fully saturated rings. The summed E-state index contributed by atoms with van der Waals surface area (Å²) in [5, 5.41) is 3.97. The van der Waals surface area contributed by atoms with Crippen LogP contribution >= 0.6 is 23.2 Å². The molecule has 0 saturated heterocycles. The number of rotatable bonds is 2. The Balaban J connectivity index is 2.12. The molecule has 2 unspecified atom stereocenters. The summed E-state index contributed by atoms with van der Waals surface area (Å²) in [7, 11) is 0. The normalized spacial score (nSPS) is 23.2. The van der Waals surface area contributed by atoms with Gasteiger partial charge in [-0.3, -0.25) is 4.79 Å². The van der Waals surface area contributed by atoms with Crippen LogP contribution in [0.1, 0.15) is 37.7 Å². The summed E-state index contributed by atoms with van der Waals surface area (Å²) < 4.78 is 0. The summed E-state index contributed by atoms with van der Waals surface area (Å²) in [6.07, 6.45) is 5.04. The first-order valence-electron chi connectivity index (χ1n) is 7.01. The number of carbonyl (C=O) groups excluding carboxylic acids is 1. The highest BCUT2D eigenvalue weighted by molar-refractivity contribution is 6.36. The molecule has 110 valence electrons. The topological polar surface area (TPSA) is 55.1 Å². The molecule has 1 saturated carbocycles. The van der Waals surface area contributed by atoms with E-state index in [0.29, 0.717) is 15.7 Å². The van der Waals surface area contributed by atoms with Gasteiger partial charge in [0.25, 0.3) is 0 Å². The summed E-state index contributed by atoms with van der Waals surface area (Å²) >= 11 is 12.2. The maximum Gasteiger partial charge on any atom is 0.229 e. The lowest BCUT2D eigenvalue weighted by molar-refractivity contribution is -0.120. The highest BCUT2D eigenvalue weighted by atomic mass is 35.5. The second-order valence-electron chi connectivity index (χ2n) is 5.48. The zero-order valence-electron chi connectivity index (χ0n) is 11.6. The van der Waals surface area contributed by atoms with E-state index in [1.165, 1.54) is 0 Å². The van der Waals surface area contributed by atoms with Crippen LogP contribution < -0.4 is 11.1 Å². The Bertz CT molecular complexity index is 505. The minimum absolute atomic E-state index is 0.0544. The number of nitrogens with one attached hydrogen (secondary N) is 1. The van der Waals surface area contributed by atoms with Crippen LogP contribution in [0.25, 0.3) is 0 Å². The van der Waals surface area contributed by atoms with Gasteiger partial charge in [0.15, 0.2) is 0 Å². The van der Waals surface area contributed by atoms with E-state index in [-0.39, 0.29) is 17.9 Å². The molecule has 0 heterocycles. The van der Waals surface area contributed by atoms with E-state index in [1.807, 2.05) is 6.92 Å². The molecule has 1 aromatic carbocycles. The van der Waals surface area contributed by atoms with Gasteiger partial charge in [0.1, 0.15) is 0 Å². The van der Waals surface area contributed by atoms with Gasteiger partial charge >= 0.3 is 0 Å². The summed E-state index contributed by atoms with van der Waals surface area (Å²) in [5.41, 5.74) is 7.55. The lowest BCUT2D eigenvalue weighted by Gasteiger charge is -2.21. The van der Waals surface area contributed by atoms with Crippen molar-refractivity contribution in [2.75, 3.05) is 5.32 Å². The molecule has 2 rings (SSSR count). The van der Waals surface area contributed by atoms with Gasteiger partial charge in [0.05, 0.1) is 16.6 Å². The average molecular weight is 315 g/mol. The van der Waals surface area contributed by atoms with Crippen LogP contribution in [0.15, 0.2) is 12.1 Å². The molecule has 2 atom stereocenters. The monoisotopic (exact) mass is 314 g/mol. The van der Waals surface area contributed by atoms with Crippen molar-refractivity contribution in [2.24, 2.45) is 11.7 Å². The molecule has 0 aromatic heterocycles. The van der Waals surface area contributed by atoms with E-state index in [9.17, 15) is 4.79 Å². The highest BCUT2D eigenvalue weighted by Gasteiger charge is 2.27. The fourth-order valence-electron chi connectivity index (χ4n) is 2.63. The van der Waals surface area contributed by atoms with Crippen LogP contribution in [0.3, 0.4) is 0 Å². The smallest absolute Gasteiger partial charge is 0.229 e. The largest absolute Gasteiger partial charge is 0.327 e. The zero-order chi connectivity index (χ0) is 14.7. The molecule has 20 heavy (non-hydrogen) atoms. The van der Waals surface area contributed by atoms with Crippen molar-refractivity contribution in [1.82, 2.24) is 0 Å². The lowest BCUT2D eigenvalue weighted by atomic mass is 9.94. The third-order valence-electron chi connectivity index (χ3n) is 3.91. The van der Waals surface area contributed by atoms with Crippen LogP contribution in [0.4, 0.5) is 5.69 Å². The fourth-order valence-corrected chi connectivity index (χ4v) is 3.06. The van der Waals surface area contributed by atoms with Crippen molar-refractivity contribution < 1.29 is 4.79 Å². The predicted molar refractivity (Wildman–Crippen MR) is 84.4 cm³/mol. The second-order valence-corrected chi connectivity index (χ2v) is 6.29. The first-order chi connectivity index (χ1) is 9.49. The number of halogens is 2. The Morgan fingerprint density at radius 2 is 1.90 bits per heavy atom. The number of carbonyl (C=O) groups is 1. The fraction of sp³-hybridized carbons (Fsp3) is 0.533. The summed E-state index contributed by atoms with van der Waals surface area (Å²) in [4.78, 5) is 12.4. The number of hydrogen-bond acceptors (Lipinski definition) is 2. The Kier molecular flexibility index (Phi) is 5.30. The van der Waals surface area contributed by atoms with E-state index < -0.39 is 0 Å². The zero-order valence-corrected chi connectivity index (χ0v) is 13.1. The van der Waals surface area contributed by atoms with Crippen molar-refractivity contribution in [2.45, 2.75) is 45.1 Å². The first-order valence-corrected chi connectivity index (χ1v) is 7.76. The van der Waals surface area contributed by atoms with Crippen LogP contribution in [0.2, 0.25) is 10.0 Å². The highest BCUT2D eigenvalue weighted by Crippen LogP contribution is 2.30. The molecule has 0 radical (unpaired) electrons. The molecule has 0 bridgehead atoms. The molecule has 3 nitrogen and oxygen atoms in total. The van der Waals surface area contributed by atoms with E-state index in [0.717, 1.165) is 37.7 Å². The van der Waals surface area contributed by atoms with Crippen LogP contribution in [0.5, 0.6) is 0 Å². The van der Waals surface area contributed by atoms with E-state index in [2.05, 4.69) is 5.32 Å². The molecule has 1 aliphatic carbocycles. The predicted octanol–water partition coefficient (Wildman–Crippen LogP) is 4.15. The van der Waals surface area contributed by atoms with E-state index >= 15 is 0 Å². The van der Waals surface area contributed by atoms with Gasteiger partial charge in [-0.1, -0.05) is 42.5 Å². The third kappa shape index (κ3) is 3.66. The molecule has 1 aromatic rings. The third-order valence-corrected chi connectivity index (χ3v) is 4.63. The van der Waals surface area contributed by atoms with Crippen molar-refractivity contribution in [3.05, 3.63) is 27.7 Å². The maximum absolute atomic E-state index is 12.4. The molecular formula is C15H20Cl2N2O. The van der Waals surface area contributed by atoms with E-state index in [1.54, 1.807) is 12.1 Å². The Hall–Kier alpha value is -0.770. The van der Waals surface area contributed by atoms with Crippen molar-refractivity contribution in [3.8, 4) is 0 Å². The lowest BCUT2D eigenvalue weighted by Crippen LogP contribution is -2.37. The minimum atomic E-state index is -0.145. The summed E-state index contributed by atoms with van der Waals surface area (Å²) in [6, 6.07) is 3.38. The Morgan fingerprint density at radius 3 is 2.65 bits per heavy atom. The van der Waals surface area contributed by atoms with Gasteiger partial charge in [0, 0.05) is 11.1 Å². The van der Waals surface area contributed by atoms with Gasteiger partial charge < -0.3 is 11.1 Å². The van der Waals surface area contributed by atoms with Gasteiger partial charge in [-0.2, -0.15) is 0 Å². The molecular weight excluding hydrogens is 295 g/mol. The molecule has 0 aliphatic heterocycles. The summed E-state index contributed by atoms with van der Waals surface area (Å²) in [5.74, 6) is -0.199. The number of amides is 1. The minimum Gasteiger partial charge on any atom is -0.327 e. The number of aryl methyl sites for hydroxylation is 1. The van der Waals surface area contributed by atoms with Crippen LogP contribution in [-0.4, -0.2) is 11.9 Å². The molecule has 0 spiro atoms. The van der Waals surface area contributed by atoms with Gasteiger partial charge in [-0.15, -0.1) is 0 Å². The van der Waals surface area contributed by atoms with Gasteiger partial charge in [0.2, 0.25) is 5.91 Å². The van der Waals surface area contributed by atoms with Crippen LogP contribution in [-0.2, 0) is 4.79 Å². The van der Waals surface area contributed by atoms with Gasteiger partial charge in [-0.25, -0.2) is 0 Å². The number of benzene rings is 1. The standard InChI is InChI=1S/C15H20Cl2N2O/c1-9-7-12(17)14(8-11(9)16)19-15(20)10-5-3-2-4-6-13(10)18/h7-8,10,13H,2-6,18H2,1H3,(H,19,20). The average Bonchev–Trinajstić information content (AvgIpc) is 2.60. The maximum atomic E-state index is 12.4. The molecule has 1 amide bonds. The summed E-state index contributed by atoms with van der Waals surface area (Å²) in [6.45, 7) is 1.88. The second kappa shape index (κ2) is 6.79. The quantitative estimate of drug-likeness (QED) is 0.806. The van der Waals surface area contributed by atoms with Crippen LogP contribution in [0, 0.1) is 12.8 Å². The van der Waals surface area contributed by atoms with Crippen molar-refractivity contribution in [1.29, 1.82) is 0 Å². The molecule has 5 heteroatoms. The SMILES string of the molecule is Cc1cc(Cl)c(NC(=O)C2CCCCCC2N)cc1Cl. The molecule has 3 N–H and O–H groups in total. The number of nitrogens with two attached hydrogens (primary N) is 1. The number of anilines is 1. The first kappa shape index (κ1) is 15.6. The Morgan fingerprint density at radius 1 is 1.20 bits per heavy atom. The van der Waals surface area contributed by atoms with E-state index in [4.69, 9.17) is 28.9 Å². The van der Waals surface area contributed by atoms with Crippen molar-refractivity contribution >= 4 is 34.8 Å². The Labute approximate surface area is 129 Å². The van der Waals surface area contributed by atoms with Gasteiger partial charge in [-0.05, 0) is 37.5 Å². The van der Waals surface area contributed by atoms with Crippen molar-refractivity contribution in [3.63, 3.8) is 0 Å².